The molecule has 3 rings (SSSR count). The second-order valence-corrected chi connectivity index (χ2v) is 9.16. The Morgan fingerprint density at radius 3 is 2.52 bits per heavy atom. The minimum absolute atomic E-state index is 0.0103. The van der Waals surface area contributed by atoms with Crippen LogP contribution in [0.1, 0.15) is 59.3 Å². The zero-order valence-corrected chi connectivity index (χ0v) is 17.4. The fraction of sp³-hybridized carbons (Fsp3) is 0.636. The second kappa shape index (κ2) is 8.22. The summed E-state index contributed by atoms with van der Waals surface area (Å²) >= 11 is 6.22. The molecular formula is C22H31ClN2O2. The second-order valence-electron chi connectivity index (χ2n) is 8.76. The van der Waals surface area contributed by atoms with Crippen molar-refractivity contribution in [3.05, 3.63) is 29.3 Å². The molecule has 1 aromatic carbocycles. The number of hydrogen-bond donors (Lipinski definition) is 1. The number of hydrogen-bond acceptors (Lipinski definition) is 2. The molecule has 0 radical (unpaired) electrons. The molecule has 0 aromatic heterocycles. The lowest BCUT2D eigenvalue weighted by atomic mass is 9.69. The van der Waals surface area contributed by atoms with Gasteiger partial charge in [0, 0.05) is 19.0 Å². The van der Waals surface area contributed by atoms with Crippen molar-refractivity contribution < 1.29 is 9.59 Å². The number of carbonyl (C=O) groups is 2. The van der Waals surface area contributed by atoms with Crippen LogP contribution in [0.2, 0.25) is 5.02 Å². The van der Waals surface area contributed by atoms with Crippen molar-refractivity contribution >= 4 is 29.1 Å². The molecular weight excluding hydrogens is 360 g/mol. The highest BCUT2D eigenvalue weighted by Gasteiger charge is 2.37. The lowest BCUT2D eigenvalue weighted by Gasteiger charge is -2.39. The van der Waals surface area contributed by atoms with E-state index >= 15 is 0 Å². The van der Waals surface area contributed by atoms with E-state index in [9.17, 15) is 9.59 Å². The number of amides is 2. The van der Waals surface area contributed by atoms with Gasteiger partial charge in [0.15, 0.2) is 0 Å². The first-order chi connectivity index (χ1) is 12.8. The summed E-state index contributed by atoms with van der Waals surface area (Å²) in [4.78, 5) is 26.8. The summed E-state index contributed by atoms with van der Waals surface area (Å²) < 4.78 is 0. The number of anilines is 1. The van der Waals surface area contributed by atoms with Crippen molar-refractivity contribution in [2.24, 2.45) is 17.3 Å². The topological polar surface area (TPSA) is 49.4 Å². The Balaban J connectivity index is 1.54. The van der Waals surface area contributed by atoms with Crippen LogP contribution >= 0.6 is 11.6 Å². The fourth-order valence-electron chi connectivity index (χ4n) is 4.41. The largest absolute Gasteiger partial charge is 0.353 e. The van der Waals surface area contributed by atoms with Gasteiger partial charge in [0.1, 0.15) is 0 Å². The first kappa shape index (κ1) is 20.2. The van der Waals surface area contributed by atoms with Gasteiger partial charge in [0.2, 0.25) is 11.8 Å². The maximum atomic E-state index is 12.7. The molecule has 1 N–H and O–H groups in total. The van der Waals surface area contributed by atoms with Crippen molar-refractivity contribution in [2.45, 2.75) is 65.3 Å². The van der Waals surface area contributed by atoms with E-state index in [0.29, 0.717) is 22.7 Å². The van der Waals surface area contributed by atoms with Gasteiger partial charge in [0.25, 0.3) is 0 Å². The molecule has 148 valence electrons. The summed E-state index contributed by atoms with van der Waals surface area (Å²) in [6.45, 7) is 7.37. The molecule has 1 aliphatic carbocycles. The quantitative estimate of drug-likeness (QED) is 0.784. The maximum Gasteiger partial charge on any atom is 0.227 e. The van der Waals surface area contributed by atoms with Gasteiger partial charge in [-0.25, -0.2) is 0 Å². The zero-order valence-electron chi connectivity index (χ0n) is 16.6. The van der Waals surface area contributed by atoms with E-state index in [0.717, 1.165) is 18.8 Å². The molecule has 2 fully saturated rings. The number of para-hydroxylation sites is 1. The highest BCUT2D eigenvalue weighted by Crippen LogP contribution is 2.40. The van der Waals surface area contributed by atoms with Gasteiger partial charge in [-0.15, -0.1) is 0 Å². The Labute approximate surface area is 167 Å². The number of rotatable bonds is 5. The van der Waals surface area contributed by atoms with Crippen molar-refractivity contribution in [2.75, 3.05) is 11.4 Å². The van der Waals surface area contributed by atoms with Gasteiger partial charge in [-0.1, -0.05) is 50.9 Å². The lowest BCUT2D eigenvalue weighted by Crippen LogP contribution is -2.43. The molecule has 27 heavy (non-hydrogen) atoms. The van der Waals surface area contributed by atoms with Crippen LogP contribution in [0.3, 0.4) is 0 Å². The molecule has 5 heteroatoms. The summed E-state index contributed by atoms with van der Waals surface area (Å²) in [6.07, 6.45) is 5.86. The first-order valence-corrected chi connectivity index (χ1v) is 10.5. The SMILES string of the molecule is CCC(C)(C)C1CCC(NC(=O)[C@@H]2CC(=O)N(c3ccccc3Cl)C2)CC1. The van der Waals surface area contributed by atoms with Gasteiger partial charge in [-0.2, -0.15) is 0 Å². The molecule has 0 spiro atoms. The lowest BCUT2D eigenvalue weighted by molar-refractivity contribution is -0.127. The molecule has 0 bridgehead atoms. The van der Waals surface area contributed by atoms with Gasteiger partial charge in [-0.05, 0) is 49.1 Å². The Morgan fingerprint density at radius 2 is 1.89 bits per heavy atom. The number of nitrogens with zero attached hydrogens (tertiary/aromatic N) is 1. The summed E-state index contributed by atoms with van der Waals surface area (Å²) in [5, 5.41) is 3.75. The number of halogens is 1. The summed E-state index contributed by atoms with van der Waals surface area (Å²) in [6, 6.07) is 7.54. The average Bonchev–Trinajstić information content (AvgIpc) is 3.04. The molecule has 1 saturated heterocycles. The van der Waals surface area contributed by atoms with Crippen molar-refractivity contribution in [3.8, 4) is 0 Å². The van der Waals surface area contributed by atoms with Crippen LogP contribution in [0.15, 0.2) is 24.3 Å². The number of benzene rings is 1. The minimum atomic E-state index is -0.293. The van der Waals surface area contributed by atoms with Crippen LogP contribution < -0.4 is 10.2 Å². The molecule has 0 unspecified atom stereocenters. The van der Waals surface area contributed by atoms with E-state index in [1.165, 1.54) is 19.3 Å². The van der Waals surface area contributed by atoms with Gasteiger partial charge >= 0.3 is 0 Å². The van der Waals surface area contributed by atoms with Crippen LogP contribution in [-0.4, -0.2) is 24.4 Å². The smallest absolute Gasteiger partial charge is 0.227 e. The third-order valence-corrected chi connectivity index (χ3v) is 7.05. The van der Waals surface area contributed by atoms with Crippen molar-refractivity contribution in [1.29, 1.82) is 0 Å². The summed E-state index contributed by atoms with van der Waals surface area (Å²) in [5.74, 6) is 0.422. The molecule has 2 aliphatic rings. The fourth-order valence-corrected chi connectivity index (χ4v) is 4.65. The predicted molar refractivity (Wildman–Crippen MR) is 110 cm³/mol. The Bertz CT molecular complexity index is 695. The standard InChI is InChI=1S/C22H31ClN2O2/c1-4-22(2,3)16-9-11-17(12-10-16)24-21(27)15-13-20(26)25(14-15)19-8-6-5-7-18(19)23/h5-8,15-17H,4,9-14H2,1-3H3,(H,24,27)/t15-,16?,17?/m1/s1. The van der Waals surface area contributed by atoms with Crippen molar-refractivity contribution in [1.82, 2.24) is 5.32 Å². The van der Waals surface area contributed by atoms with Gasteiger partial charge in [0.05, 0.1) is 16.6 Å². The molecule has 1 aromatic rings. The minimum Gasteiger partial charge on any atom is -0.353 e. The van der Waals surface area contributed by atoms with E-state index in [1.54, 1.807) is 11.0 Å². The maximum absolute atomic E-state index is 12.7. The summed E-state index contributed by atoms with van der Waals surface area (Å²) in [7, 11) is 0. The molecule has 1 heterocycles. The molecule has 2 amide bonds. The highest BCUT2D eigenvalue weighted by atomic mass is 35.5. The Kier molecular flexibility index (Phi) is 6.15. The molecule has 1 aliphatic heterocycles. The van der Waals surface area contributed by atoms with Crippen LogP contribution in [0.5, 0.6) is 0 Å². The third-order valence-electron chi connectivity index (χ3n) is 6.73. The molecule has 1 saturated carbocycles. The van der Waals surface area contributed by atoms with E-state index in [-0.39, 0.29) is 30.2 Å². The van der Waals surface area contributed by atoms with E-state index in [2.05, 4.69) is 26.1 Å². The monoisotopic (exact) mass is 390 g/mol. The summed E-state index contributed by atoms with van der Waals surface area (Å²) in [5.41, 5.74) is 1.07. The zero-order chi connectivity index (χ0) is 19.6. The molecule has 1 atom stereocenters. The number of nitrogens with one attached hydrogen (secondary N) is 1. The first-order valence-electron chi connectivity index (χ1n) is 10.2. The van der Waals surface area contributed by atoms with Crippen LogP contribution in [0.25, 0.3) is 0 Å². The van der Waals surface area contributed by atoms with E-state index in [4.69, 9.17) is 11.6 Å². The van der Waals surface area contributed by atoms with Crippen LogP contribution in [0, 0.1) is 17.3 Å². The van der Waals surface area contributed by atoms with Gasteiger partial charge < -0.3 is 10.2 Å². The van der Waals surface area contributed by atoms with Crippen molar-refractivity contribution in [3.63, 3.8) is 0 Å². The predicted octanol–water partition coefficient (Wildman–Crippen LogP) is 4.80. The van der Waals surface area contributed by atoms with Crippen LogP contribution in [0.4, 0.5) is 5.69 Å². The number of carbonyl (C=O) groups excluding carboxylic acids is 2. The van der Waals surface area contributed by atoms with E-state index in [1.807, 2.05) is 18.2 Å². The highest BCUT2D eigenvalue weighted by molar-refractivity contribution is 6.33. The molecule has 4 nitrogen and oxygen atoms in total. The average molecular weight is 391 g/mol. The normalized spacial score (nSPS) is 26.3. The van der Waals surface area contributed by atoms with E-state index < -0.39 is 0 Å². The van der Waals surface area contributed by atoms with Crippen LogP contribution in [-0.2, 0) is 9.59 Å². The Morgan fingerprint density at radius 1 is 1.22 bits per heavy atom. The van der Waals surface area contributed by atoms with Gasteiger partial charge in [-0.3, -0.25) is 9.59 Å². The Hall–Kier alpha value is -1.55. The third kappa shape index (κ3) is 4.48.